The van der Waals surface area contributed by atoms with Crippen LogP contribution in [0, 0.1) is 0 Å². The van der Waals surface area contributed by atoms with Crippen LogP contribution in [0.2, 0.25) is 0 Å². The predicted octanol–water partition coefficient (Wildman–Crippen LogP) is 6.39. The average Bonchev–Trinajstić information content (AvgIpc) is 3.05. The molecule has 1 aromatic heterocycles. The summed E-state index contributed by atoms with van der Waals surface area (Å²) in [6, 6.07) is 19.9. The molecule has 1 heterocycles. The maximum absolute atomic E-state index is 3.71. The van der Waals surface area contributed by atoms with Crippen molar-refractivity contribution in [2.45, 2.75) is 6.42 Å². The molecule has 1 aliphatic rings. The minimum Gasteiger partial charge on any atom is -0.135 e. The first-order chi connectivity index (χ1) is 10.3. The summed E-state index contributed by atoms with van der Waals surface area (Å²) in [5, 5.41) is 2.83. The number of thiophene rings is 1. The summed E-state index contributed by atoms with van der Waals surface area (Å²) in [6.45, 7) is 0. The molecule has 0 N–H and O–H groups in total. The summed E-state index contributed by atoms with van der Waals surface area (Å²) in [6.07, 6.45) is 1.03. The molecule has 0 radical (unpaired) electrons. The number of benzene rings is 3. The van der Waals surface area contributed by atoms with Gasteiger partial charge in [0.1, 0.15) is 0 Å². The van der Waals surface area contributed by atoms with Crippen LogP contribution in [0.25, 0.3) is 31.3 Å². The fourth-order valence-corrected chi connectivity index (χ4v) is 5.10. The van der Waals surface area contributed by atoms with Crippen molar-refractivity contribution in [1.29, 1.82) is 0 Å². The summed E-state index contributed by atoms with van der Waals surface area (Å²) >= 11 is 5.61. The molecule has 0 saturated heterocycles. The van der Waals surface area contributed by atoms with E-state index in [1.165, 1.54) is 46.9 Å². The minimum atomic E-state index is 1.03. The molecule has 0 bridgehead atoms. The number of halogens is 1. The lowest BCUT2D eigenvalue weighted by atomic mass is 9.99. The van der Waals surface area contributed by atoms with Crippen molar-refractivity contribution in [2.24, 2.45) is 0 Å². The first kappa shape index (κ1) is 12.0. The van der Waals surface area contributed by atoms with Crippen LogP contribution in [0.5, 0.6) is 0 Å². The number of rotatable bonds is 0. The molecule has 0 nitrogen and oxygen atoms in total. The molecule has 5 rings (SSSR count). The smallest absolute Gasteiger partial charge is 0.0361 e. The standard InChI is InChI=1S/C19H11BrS/c20-15-6-3-5-12-14(15)10-11-8-9-17-19(18(11)12)13-4-1-2-7-16(13)21-17/h1-9H,10H2. The van der Waals surface area contributed by atoms with Gasteiger partial charge in [0.05, 0.1) is 0 Å². The Kier molecular flexibility index (Phi) is 2.38. The molecule has 4 aromatic rings. The third kappa shape index (κ3) is 1.55. The monoisotopic (exact) mass is 350 g/mol. The SMILES string of the molecule is Brc1cccc2c1Cc1ccc3sc4ccccc4c3c1-2. The summed E-state index contributed by atoms with van der Waals surface area (Å²) < 4.78 is 4.00. The van der Waals surface area contributed by atoms with E-state index in [0.717, 1.165) is 6.42 Å². The van der Waals surface area contributed by atoms with Gasteiger partial charge < -0.3 is 0 Å². The molecule has 0 spiro atoms. The normalized spacial score (nSPS) is 12.8. The summed E-state index contributed by atoms with van der Waals surface area (Å²) in [7, 11) is 0. The zero-order valence-corrected chi connectivity index (χ0v) is 13.6. The molecule has 0 unspecified atom stereocenters. The van der Waals surface area contributed by atoms with Gasteiger partial charge in [-0.3, -0.25) is 0 Å². The predicted molar refractivity (Wildman–Crippen MR) is 95.3 cm³/mol. The van der Waals surface area contributed by atoms with Gasteiger partial charge in [0.2, 0.25) is 0 Å². The Bertz CT molecular complexity index is 1030. The molecule has 0 atom stereocenters. The molecule has 2 heteroatoms. The fraction of sp³-hybridized carbons (Fsp3) is 0.0526. The highest BCUT2D eigenvalue weighted by atomic mass is 79.9. The number of hydrogen-bond acceptors (Lipinski definition) is 1. The van der Waals surface area contributed by atoms with E-state index in [1.54, 1.807) is 0 Å². The van der Waals surface area contributed by atoms with Gasteiger partial charge in [-0.25, -0.2) is 0 Å². The second-order valence-electron chi connectivity index (χ2n) is 5.51. The van der Waals surface area contributed by atoms with Crippen molar-refractivity contribution in [3.63, 3.8) is 0 Å². The van der Waals surface area contributed by atoms with Crippen LogP contribution in [0.15, 0.2) is 59.1 Å². The summed E-state index contributed by atoms with van der Waals surface area (Å²) in [4.78, 5) is 0. The Morgan fingerprint density at radius 3 is 2.71 bits per heavy atom. The Hall–Kier alpha value is -1.64. The van der Waals surface area contributed by atoms with Gasteiger partial charge in [0.25, 0.3) is 0 Å². The molecule has 0 amide bonds. The molecule has 21 heavy (non-hydrogen) atoms. The number of fused-ring (bicyclic) bond motifs is 7. The van der Waals surface area contributed by atoms with Crippen LogP contribution >= 0.6 is 27.3 Å². The van der Waals surface area contributed by atoms with E-state index in [0.29, 0.717) is 0 Å². The molecular weight excluding hydrogens is 340 g/mol. The first-order valence-electron chi connectivity index (χ1n) is 7.04. The van der Waals surface area contributed by atoms with Crippen LogP contribution < -0.4 is 0 Å². The van der Waals surface area contributed by atoms with Crippen molar-refractivity contribution in [3.8, 4) is 11.1 Å². The van der Waals surface area contributed by atoms with E-state index in [1.807, 2.05) is 11.3 Å². The van der Waals surface area contributed by atoms with E-state index in [2.05, 4.69) is 70.5 Å². The lowest BCUT2D eigenvalue weighted by molar-refractivity contribution is 1.25. The maximum Gasteiger partial charge on any atom is 0.0361 e. The maximum atomic E-state index is 3.71. The fourth-order valence-electron chi connectivity index (χ4n) is 3.48. The van der Waals surface area contributed by atoms with Gasteiger partial charge in [0.15, 0.2) is 0 Å². The van der Waals surface area contributed by atoms with Crippen LogP contribution in [0.1, 0.15) is 11.1 Å². The van der Waals surface area contributed by atoms with E-state index in [4.69, 9.17) is 0 Å². The Morgan fingerprint density at radius 1 is 0.857 bits per heavy atom. The van der Waals surface area contributed by atoms with Crippen molar-refractivity contribution in [3.05, 3.63) is 70.2 Å². The Morgan fingerprint density at radius 2 is 1.76 bits per heavy atom. The molecule has 1 aliphatic carbocycles. The first-order valence-corrected chi connectivity index (χ1v) is 8.65. The van der Waals surface area contributed by atoms with Crippen molar-refractivity contribution in [1.82, 2.24) is 0 Å². The van der Waals surface area contributed by atoms with Crippen molar-refractivity contribution < 1.29 is 0 Å². The van der Waals surface area contributed by atoms with E-state index >= 15 is 0 Å². The highest BCUT2D eigenvalue weighted by Crippen LogP contribution is 2.47. The zero-order chi connectivity index (χ0) is 14.0. The summed E-state index contributed by atoms with van der Waals surface area (Å²) in [5.41, 5.74) is 5.72. The Balaban J connectivity index is 2.01. The zero-order valence-electron chi connectivity index (χ0n) is 11.2. The Labute approximate surface area is 135 Å². The van der Waals surface area contributed by atoms with Gasteiger partial charge in [-0.1, -0.05) is 52.3 Å². The van der Waals surface area contributed by atoms with E-state index in [-0.39, 0.29) is 0 Å². The van der Waals surface area contributed by atoms with Crippen LogP contribution in [0.3, 0.4) is 0 Å². The average molecular weight is 351 g/mol. The molecular formula is C19H11BrS. The van der Waals surface area contributed by atoms with Gasteiger partial charge in [-0.15, -0.1) is 11.3 Å². The minimum absolute atomic E-state index is 1.03. The van der Waals surface area contributed by atoms with Crippen LogP contribution in [-0.2, 0) is 6.42 Å². The molecule has 3 aromatic carbocycles. The molecule has 0 aliphatic heterocycles. The lowest BCUT2D eigenvalue weighted by Crippen LogP contribution is -1.81. The van der Waals surface area contributed by atoms with Gasteiger partial charge in [-0.2, -0.15) is 0 Å². The lowest BCUT2D eigenvalue weighted by Gasteiger charge is -2.04. The third-order valence-electron chi connectivity index (χ3n) is 4.39. The summed E-state index contributed by atoms with van der Waals surface area (Å²) in [5.74, 6) is 0. The van der Waals surface area contributed by atoms with Crippen LogP contribution in [0.4, 0.5) is 0 Å². The third-order valence-corrected chi connectivity index (χ3v) is 6.26. The topological polar surface area (TPSA) is 0 Å². The van der Waals surface area contributed by atoms with E-state index < -0.39 is 0 Å². The second-order valence-corrected chi connectivity index (χ2v) is 7.45. The highest BCUT2D eigenvalue weighted by molar-refractivity contribution is 9.10. The van der Waals surface area contributed by atoms with Crippen molar-refractivity contribution >= 4 is 47.4 Å². The van der Waals surface area contributed by atoms with E-state index in [9.17, 15) is 0 Å². The quantitative estimate of drug-likeness (QED) is 0.303. The van der Waals surface area contributed by atoms with Gasteiger partial charge in [-0.05, 0) is 46.9 Å². The van der Waals surface area contributed by atoms with Crippen LogP contribution in [-0.4, -0.2) is 0 Å². The largest absolute Gasteiger partial charge is 0.135 e. The molecule has 0 fully saturated rings. The van der Waals surface area contributed by atoms with Gasteiger partial charge >= 0.3 is 0 Å². The number of hydrogen-bond donors (Lipinski definition) is 0. The van der Waals surface area contributed by atoms with Crippen molar-refractivity contribution in [2.75, 3.05) is 0 Å². The molecule has 0 saturated carbocycles. The van der Waals surface area contributed by atoms with Gasteiger partial charge in [0, 0.05) is 24.6 Å². The molecule has 100 valence electrons. The highest BCUT2D eigenvalue weighted by Gasteiger charge is 2.24. The second kappa shape index (κ2) is 4.19.